The molecule has 0 bridgehead atoms. The van der Waals surface area contributed by atoms with Crippen LogP contribution in [0.4, 0.5) is 4.79 Å². The van der Waals surface area contributed by atoms with Crippen molar-refractivity contribution in [3.63, 3.8) is 0 Å². The first-order valence-corrected chi connectivity index (χ1v) is 7.35. The van der Waals surface area contributed by atoms with E-state index in [1.54, 1.807) is 6.92 Å². The first-order chi connectivity index (χ1) is 9.74. The highest BCUT2D eigenvalue weighted by molar-refractivity contribution is 5.92. The normalized spacial score (nSPS) is 25.0. The number of carboxylic acid groups (broad SMARTS) is 1. The zero-order valence-electron chi connectivity index (χ0n) is 12.9. The Morgan fingerprint density at radius 1 is 1.38 bits per heavy atom. The van der Waals surface area contributed by atoms with E-state index in [9.17, 15) is 19.5 Å². The average molecular weight is 299 g/mol. The number of nitrogens with zero attached hydrogens (tertiary/aromatic N) is 1. The summed E-state index contributed by atoms with van der Waals surface area (Å²) in [5, 5.41) is 11.9. The summed E-state index contributed by atoms with van der Waals surface area (Å²) in [6, 6.07) is -1.56. The van der Waals surface area contributed by atoms with E-state index in [4.69, 9.17) is 5.73 Å². The molecule has 1 aliphatic rings. The van der Waals surface area contributed by atoms with E-state index in [1.807, 2.05) is 13.8 Å². The van der Waals surface area contributed by atoms with E-state index in [2.05, 4.69) is 5.32 Å². The Labute approximate surface area is 124 Å². The highest BCUT2D eigenvalue weighted by atomic mass is 16.4. The smallest absolute Gasteiger partial charge is 0.329 e. The van der Waals surface area contributed by atoms with Gasteiger partial charge in [0.25, 0.3) is 0 Å². The minimum absolute atomic E-state index is 0.120. The quantitative estimate of drug-likeness (QED) is 0.700. The number of hydrogen-bond donors (Lipinski definition) is 3. The lowest BCUT2D eigenvalue weighted by Crippen LogP contribution is -2.63. The van der Waals surface area contributed by atoms with Gasteiger partial charge in [-0.1, -0.05) is 20.3 Å². The number of hydrogen-bond acceptors (Lipinski definition) is 3. The summed E-state index contributed by atoms with van der Waals surface area (Å²) in [5.74, 6) is -1.50. The number of carbonyl (C=O) groups is 3. The summed E-state index contributed by atoms with van der Waals surface area (Å²) in [7, 11) is 0. The fourth-order valence-corrected chi connectivity index (χ4v) is 2.70. The number of likely N-dealkylation sites (tertiary alicyclic amines) is 1. The number of urea groups is 1. The third-order valence-electron chi connectivity index (χ3n) is 4.39. The van der Waals surface area contributed by atoms with E-state index in [0.29, 0.717) is 19.4 Å². The number of nitrogens with one attached hydrogen (secondary N) is 1. The molecule has 1 fully saturated rings. The summed E-state index contributed by atoms with van der Waals surface area (Å²) < 4.78 is 0. The van der Waals surface area contributed by atoms with Crippen molar-refractivity contribution in [1.29, 1.82) is 0 Å². The predicted octanol–water partition coefficient (Wildman–Crippen LogP) is 0.925. The molecule has 0 aromatic carbocycles. The highest BCUT2D eigenvalue weighted by Gasteiger charge is 2.46. The number of piperidine rings is 1. The standard InChI is InChI=1S/C14H25N3O4/c1-4-9(2)10(16-13(15)21)11(18)17-8-6-5-7-14(17,3)12(19)20/h9-10H,4-8H2,1-3H3,(H,19,20)(H3,15,16,21). The van der Waals surface area contributed by atoms with Gasteiger partial charge in [-0.2, -0.15) is 0 Å². The number of aliphatic carboxylic acids is 1. The molecule has 4 N–H and O–H groups in total. The van der Waals surface area contributed by atoms with E-state index in [-0.39, 0.29) is 11.8 Å². The van der Waals surface area contributed by atoms with Crippen molar-refractivity contribution in [3.8, 4) is 0 Å². The summed E-state index contributed by atoms with van der Waals surface area (Å²) in [6.07, 6.45) is 2.62. The van der Waals surface area contributed by atoms with Crippen LogP contribution in [0.25, 0.3) is 0 Å². The van der Waals surface area contributed by atoms with Crippen LogP contribution in [0.1, 0.15) is 46.5 Å². The number of carbonyl (C=O) groups excluding carboxylic acids is 2. The van der Waals surface area contributed by atoms with Gasteiger partial charge in [-0.25, -0.2) is 9.59 Å². The van der Waals surface area contributed by atoms with E-state index in [1.165, 1.54) is 4.90 Å². The largest absolute Gasteiger partial charge is 0.480 e. The molecule has 0 saturated carbocycles. The lowest BCUT2D eigenvalue weighted by Gasteiger charge is -2.43. The maximum absolute atomic E-state index is 12.7. The van der Waals surface area contributed by atoms with Crippen molar-refractivity contribution in [3.05, 3.63) is 0 Å². The molecule has 3 atom stereocenters. The molecule has 0 aromatic rings. The van der Waals surface area contributed by atoms with Crippen LogP contribution in [0.3, 0.4) is 0 Å². The van der Waals surface area contributed by atoms with Crippen LogP contribution < -0.4 is 11.1 Å². The maximum atomic E-state index is 12.7. The van der Waals surface area contributed by atoms with Gasteiger partial charge in [-0.3, -0.25) is 4.79 Å². The summed E-state index contributed by atoms with van der Waals surface area (Å²) in [5.41, 5.74) is 3.92. The van der Waals surface area contributed by atoms with Gasteiger partial charge in [0, 0.05) is 6.54 Å². The topological polar surface area (TPSA) is 113 Å². The molecule has 1 heterocycles. The lowest BCUT2D eigenvalue weighted by molar-refractivity contribution is -0.162. The zero-order chi connectivity index (χ0) is 16.2. The average Bonchev–Trinajstić information content (AvgIpc) is 2.43. The second-order valence-corrected chi connectivity index (χ2v) is 5.90. The summed E-state index contributed by atoms with van der Waals surface area (Å²) in [6.45, 7) is 5.68. The molecule has 0 aromatic heterocycles. The molecule has 3 amide bonds. The predicted molar refractivity (Wildman–Crippen MR) is 77.6 cm³/mol. The molecule has 7 heteroatoms. The minimum Gasteiger partial charge on any atom is -0.480 e. The van der Waals surface area contributed by atoms with Gasteiger partial charge in [0.15, 0.2) is 0 Å². The molecule has 1 rings (SSSR count). The van der Waals surface area contributed by atoms with Gasteiger partial charge in [0.1, 0.15) is 11.6 Å². The van der Waals surface area contributed by atoms with Gasteiger partial charge >= 0.3 is 12.0 Å². The van der Waals surface area contributed by atoms with Gasteiger partial charge in [-0.05, 0) is 32.1 Å². The van der Waals surface area contributed by atoms with Gasteiger partial charge in [0.05, 0.1) is 0 Å². The zero-order valence-corrected chi connectivity index (χ0v) is 12.9. The number of primary amides is 1. The Hall–Kier alpha value is -1.79. The molecule has 120 valence electrons. The third-order valence-corrected chi connectivity index (χ3v) is 4.39. The fourth-order valence-electron chi connectivity index (χ4n) is 2.70. The maximum Gasteiger partial charge on any atom is 0.329 e. The van der Waals surface area contributed by atoms with E-state index >= 15 is 0 Å². The Balaban J connectivity index is 3.05. The third kappa shape index (κ3) is 3.65. The first kappa shape index (κ1) is 17.3. The van der Waals surface area contributed by atoms with Crippen LogP contribution in [0.2, 0.25) is 0 Å². The van der Waals surface area contributed by atoms with Gasteiger partial charge in [0.2, 0.25) is 5.91 Å². The number of carboxylic acids is 1. The molecule has 3 unspecified atom stereocenters. The Morgan fingerprint density at radius 2 is 2.00 bits per heavy atom. The fraction of sp³-hybridized carbons (Fsp3) is 0.786. The van der Waals surface area contributed by atoms with Crippen LogP contribution >= 0.6 is 0 Å². The van der Waals surface area contributed by atoms with Crippen LogP contribution in [0, 0.1) is 5.92 Å². The molecule has 0 radical (unpaired) electrons. The number of nitrogens with two attached hydrogens (primary N) is 1. The number of rotatable bonds is 5. The van der Waals surface area contributed by atoms with Crippen LogP contribution in [0.5, 0.6) is 0 Å². The molecule has 0 spiro atoms. The molecule has 21 heavy (non-hydrogen) atoms. The molecule has 1 aliphatic heterocycles. The van der Waals surface area contributed by atoms with Crippen LogP contribution in [0.15, 0.2) is 0 Å². The second kappa shape index (κ2) is 6.78. The molecular formula is C14H25N3O4. The molecule has 0 aliphatic carbocycles. The minimum atomic E-state index is -1.22. The van der Waals surface area contributed by atoms with Gasteiger partial charge < -0.3 is 21.1 Å². The Morgan fingerprint density at radius 3 is 2.48 bits per heavy atom. The molecule has 7 nitrogen and oxygen atoms in total. The first-order valence-electron chi connectivity index (χ1n) is 7.35. The molecule has 1 saturated heterocycles. The van der Waals surface area contributed by atoms with Crippen molar-refractivity contribution in [1.82, 2.24) is 10.2 Å². The van der Waals surface area contributed by atoms with Crippen LogP contribution in [-0.4, -0.2) is 46.0 Å². The monoisotopic (exact) mass is 299 g/mol. The van der Waals surface area contributed by atoms with E-state index in [0.717, 1.165) is 12.8 Å². The van der Waals surface area contributed by atoms with Crippen molar-refractivity contribution >= 4 is 17.9 Å². The SMILES string of the molecule is CCC(C)C(NC(N)=O)C(=O)N1CCCCC1(C)C(=O)O. The van der Waals surface area contributed by atoms with Crippen LogP contribution in [-0.2, 0) is 9.59 Å². The highest BCUT2D eigenvalue weighted by Crippen LogP contribution is 2.29. The Bertz CT molecular complexity index is 426. The van der Waals surface area contributed by atoms with E-state index < -0.39 is 23.6 Å². The van der Waals surface area contributed by atoms with Crippen molar-refractivity contribution in [2.45, 2.75) is 58.0 Å². The molecular weight excluding hydrogens is 274 g/mol. The van der Waals surface area contributed by atoms with Crippen molar-refractivity contribution in [2.75, 3.05) is 6.54 Å². The van der Waals surface area contributed by atoms with Crippen molar-refractivity contribution < 1.29 is 19.5 Å². The Kier molecular flexibility index (Phi) is 5.57. The van der Waals surface area contributed by atoms with Crippen molar-refractivity contribution in [2.24, 2.45) is 11.7 Å². The number of amides is 3. The lowest BCUT2D eigenvalue weighted by atomic mass is 9.86. The van der Waals surface area contributed by atoms with Gasteiger partial charge in [-0.15, -0.1) is 0 Å². The second-order valence-electron chi connectivity index (χ2n) is 5.90. The summed E-state index contributed by atoms with van der Waals surface area (Å²) >= 11 is 0. The summed E-state index contributed by atoms with van der Waals surface area (Å²) in [4.78, 5) is 36.8.